The van der Waals surface area contributed by atoms with Gasteiger partial charge in [-0.15, -0.1) is 0 Å². The van der Waals surface area contributed by atoms with Crippen LogP contribution in [0.3, 0.4) is 0 Å². The number of anilines is 1. The van der Waals surface area contributed by atoms with Crippen LogP contribution in [0.25, 0.3) is 11.0 Å². The van der Waals surface area contributed by atoms with Crippen LogP contribution < -0.4 is 20.9 Å². The average molecular weight is 461 g/mol. The zero-order valence-corrected chi connectivity index (χ0v) is 19.2. The van der Waals surface area contributed by atoms with E-state index in [1.807, 2.05) is 4.57 Å². The Balaban J connectivity index is 1.60. The smallest absolute Gasteiger partial charge is 0.278 e. The van der Waals surface area contributed by atoms with Crippen LogP contribution in [0.2, 0.25) is 0 Å². The summed E-state index contributed by atoms with van der Waals surface area (Å²) in [6.07, 6.45) is 5.45. The number of nitrogens with two attached hydrogens (primary N) is 1. The fraction of sp³-hybridized carbons (Fsp3) is 0.440. The van der Waals surface area contributed by atoms with Crippen LogP contribution >= 0.6 is 0 Å². The van der Waals surface area contributed by atoms with Crippen molar-refractivity contribution < 1.29 is 9.53 Å². The van der Waals surface area contributed by atoms with E-state index in [-0.39, 0.29) is 23.9 Å². The third-order valence-corrected chi connectivity index (χ3v) is 6.71. The molecule has 1 aromatic carbocycles. The number of carbonyl (C=O) groups excluding carboxylic acids is 1. The largest absolute Gasteiger partial charge is 0.497 e. The molecule has 1 saturated heterocycles. The van der Waals surface area contributed by atoms with Gasteiger partial charge >= 0.3 is 0 Å². The molecule has 1 aliphatic heterocycles. The fourth-order valence-electron chi connectivity index (χ4n) is 4.78. The van der Waals surface area contributed by atoms with Crippen molar-refractivity contribution in [2.24, 2.45) is 11.7 Å². The summed E-state index contributed by atoms with van der Waals surface area (Å²) in [6, 6.07) is 9.18. The highest BCUT2D eigenvalue weighted by Crippen LogP contribution is 2.37. The van der Waals surface area contributed by atoms with E-state index < -0.39 is 0 Å². The number of benzene rings is 1. The van der Waals surface area contributed by atoms with Crippen LogP contribution in [0.1, 0.15) is 41.6 Å². The molecule has 1 atom stereocenters. The van der Waals surface area contributed by atoms with Gasteiger partial charge in [0.1, 0.15) is 34.2 Å². The highest BCUT2D eigenvalue weighted by atomic mass is 16.5. The number of nitrogens with zero attached hydrogens (tertiary/aromatic N) is 5. The maximum atomic E-state index is 13.6. The predicted octanol–water partition coefficient (Wildman–Crippen LogP) is 2.30. The Kier molecular flexibility index (Phi) is 5.84. The van der Waals surface area contributed by atoms with E-state index in [9.17, 15) is 14.9 Å². The zero-order valence-electron chi connectivity index (χ0n) is 19.2. The lowest BCUT2D eigenvalue weighted by molar-refractivity contribution is 0.0970. The molecular weight excluding hydrogens is 432 g/mol. The first-order chi connectivity index (χ1) is 16.5. The molecule has 5 rings (SSSR count). The molecule has 0 spiro atoms. The number of methoxy groups -OCH3 is 1. The first-order valence-corrected chi connectivity index (χ1v) is 11.7. The Morgan fingerprint density at radius 2 is 2.15 bits per heavy atom. The number of aromatic nitrogens is 3. The van der Waals surface area contributed by atoms with Crippen molar-refractivity contribution in [1.29, 1.82) is 5.26 Å². The van der Waals surface area contributed by atoms with Crippen molar-refractivity contribution in [3.63, 3.8) is 0 Å². The number of fused-ring (bicyclic) bond motifs is 1. The predicted molar refractivity (Wildman–Crippen MR) is 128 cm³/mol. The Hall–Kier alpha value is -3.64. The van der Waals surface area contributed by atoms with E-state index in [4.69, 9.17) is 10.5 Å². The topological polar surface area (TPSA) is 119 Å². The summed E-state index contributed by atoms with van der Waals surface area (Å²) in [5.74, 6) is 1.57. The summed E-state index contributed by atoms with van der Waals surface area (Å²) in [7, 11) is 1.54. The van der Waals surface area contributed by atoms with E-state index in [0.717, 1.165) is 38.0 Å². The van der Waals surface area contributed by atoms with Crippen molar-refractivity contribution in [3.8, 4) is 11.8 Å². The van der Waals surface area contributed by atoms with E-state index in [2.05, 4.69) is 16.0 Å². The molecule has 0 unspecified atom stereocenters. The first kappa shape index (κ1) is 22.2. The molecule has 1 saturated carbocycles. The maximum Gasteiger partial charge on any atom is 0.278 e. The van der Waals surface area contributed by atoms with Crippen molar-refractivity contribution >= 4 is 22.6 Å². The Morgan fingerprint density at radius 3 is 2.85 bits per heavy atom. The van der Waals surface area contributed by atoms with Gasteiger partial charge in [0.25, 0.3) is 5.56 Å². The summed E-state index contributed by atoms with van der Waals surface area (Å²) < 4.78 is 8.51. The standard InChI is InChI=1S/C25H28N6O3/c1-34-19-6-2-4-17(10-19)21(32)14-30-15-28-22-20(11-26)24(29-9-3-5-18(27)13-29)31(12-16-7-8-16)23(22)25(30)33/h2,4,6,10,15-16,18H,3,5,7-9,12-14,27H2,1H3/t18-/m1/s1. The second-order valence-corrected chi connectivity index (χ2v) is 9.24. The molecule has 0 bridgehead atoms. The number of Topliss-reactive ketones (excluding diaryl/α,β-unsaturated/α-hetero) is 1. The van der Waals surface area contributed by atoms with Crippen molar-refractivity contribution in [2.75, 3.05) is 25.1 Å². The maximum absolute atomic E-state index is 13.6. The Bertz CT molecular complexity index is 1350. The lowest BCUT2D eigenvalue weighted by atomic mass is 10.1. The van der Waals surface area contributed by atoms with Crippen LogP contribution in [0, 0.1) is 17.2 Å². The quantitative estimate of drug-likeness (QED) is 0.537. The van der Waals surface area contributed by atoms with Gasteiger partial charge in [-0.25, -0.2) is 4.98 Å². The average Bonchev–Trinajstić information content (AvgIpc) is 3.61. The van der Waals surface area contributed by atoms with Gasteiger partial charge in [0, 0.05) is 31.2 Å². The second-order valence-electron chi connectivity index (χ2n) is 9.24. The Labute approximate surface area is 197 Å². The number of hydrogen-bond acceptors (Lipinski definition) is 7. The summed E-state index contributed by atoms with van der Waals surface area (Å²) in [5, 5.41) is 10.0. The van der Waals surface area contributed by atoms with Gasteiger partial charge in [0.2, 0.25) is 0 Å². The summed E-state index contributed by atoms with van der Waals surface area (Å²) in [4.78, 5) is 33.2. The Morgan fingerprint density at radius 1 is 1.32 bits per heavy atom. The SMILES string of the molecule is COc1cccc(C(=O)Cn2cnc3c(C#N)c(N4CCC[C@@H](N)C4)n(CC4CC4)c3c2=O)c1. The molecule has 3 heterocycles. The number of ketones is 1. The minimum absolute atomic E-state index is 0.0257. The molecule has 1 aliphatic carbocycles. The van der Waals surface area contributed by atoms with Crippen LogP contribution in [0.5, 0.6) is 5.75 Å². The molecule has 9 heteroatoms. The summed E-state index contributed by atoms with van der Waals surface area (Å²) >= 11 is 0. The fourth-order valence-corrected chi connectivity index (χ4v) is 4.78. The zero-order chi connectivity index (χ0) is 23.8. The minimum atomic E-state index is -0.314. The molecule has 0 radical (unpaired) electrons. The molecule has 0 amide bonds. The highest BCUT2D eigenvalue weighted by molar-refractivity contribution is 5.96. The van der Waals surface area contributed by atoms with Crippen LogP contribution in [0.4, 0.5) is 5.82 Å². The molecule has 2 aromatic heterocycles. The van der Waals surface area contributed by atoms with Gasteiger partial charge in [0.05, 0.1) is 20.0 Å². The van der Waals surface area contributed by atoms with Crippen LogP contribution in [0.15, 0.2) is 35.4 Å². The van der Waals surface area contributed by atoms with Gasteiger partial charge in [-0.1, -0.05) is 12.1 Å². The summed E-state index contributed by atoms with van der Waals surface area (Å²) in [6.45, 7) is 1.93. The lowest BCUT2D eigenvalue weighted by Crippen LogP contribution is -2.44. The van der Waals surface area contributed by atoms with Gasteiger partial charge < -0.3 is 19.9 Å². The van der Waals surface area contributed by atoms with Gasteiger partial charge in [-0.2, -0.15) is 5.26 Å². The van der Waals surface area contributed by atoms with E-state index in [1.165, 1.54) is 10.9 Å². The highest BCUT2D eigenvalue weighted by Gasteiger charge is 2.31. The number of rotatable bonds is 7. The van der Waals surface area contributed by atoms with E-state index in [0.29, 0.717) is 46.9 Å². The van der Waals surface area contributed by atoms with Crippen LogP contribution in [-0.2, 0) is 13.1 Å². The number of hydrogen-bond donors (Lipinski definition) is 1. The molecule has 9 nitrogen and oxygen atoms in total. The molecular formula is C25H28N6O3. The monoisotopic (exact) mass is 460 g/mol. The number of nitriles is 1. The third kappa shape index (κ3) is 4.05. The lowest BCUT2D eigenvalue weighted by Gasteiger charge is -2.33. The van der Waals surface area contributed by atoms with E-state index in [1.54, 1.807) is 31.4 Å². The number of piperidine rings is 1. The molecule has 2 aliphatic rings. The molecule has 2 N–H and O–H groups in total. The van der Waals surface area contributed by atoms with Crippen LogP contribution in [-0.4, -0.2) is 46.1 Å². The van der Waals surface area contributed by atoms with Crippen molar-refractivity contribution in [2.45, 2.75) is 44.8 Å². The van der Waals surface area contributed by atoms with Crippen molar-refractivity contribution in [1.82, 2.24) is 14.1 Å². The van der Waals surface area contributed by atoms with Gasteiger partial charge in [-0.3, -0.25) is 14.2 Å². The number of ether oxygens (including phenoxy) is 1. The van der Waals surface area contributed by atoms with Gasteiger partial charge in [-0.05, 0) is 43.7 Å². The third-order valence-electron chi connectivity index (χ3n) is 6.71. The molecule has 34 heavy (non-hydrogen) atoms. The van der Waals surface area contributed by atoms with E-state index >= 15 is 0 Å². The first-order valence-electron chi connectivity index (χ1n) is 11.7. The van der Waals surface area contributed by atoms with Gasteiger partial charge in [0.15, 0.2) is 5.78 Å². The van der Waals surface area contributed by atoms with Crippen molar-refractivity contribution in [3.05, 3.63) is 52.1 Å². The molecule has 176 valence electrons. The minimum Gasteiger partial charge on any atom is -0.497 e. The molecule has 3 aromatic rings. The summed E-state index contributed by atoms with van der Waals surface area (Å²) in [5.41, 5.74) is 7.57. The number of carbonyl (C=O) groups is 1. The normalized spacial score (nSPS) is 18.1. The second kappa shape index (κ2) is 8.95. The molecule has 2 fully saturated rings.